The molecule has 8 nitrogen and oxygen atoms in total. The summed E-state index contributed by atoms with van der Waals surface area (Å²) in [6, 6.07) is 6.03. The molecule has 1 heterocycles. The number of carbonyl (C=O) groups excluding carboxylic acids is 1. The Kier molecular flexibility index (Phi) is 5.92. The third-order valence-corrected chi connectivity index (χ3v) is 4.42. The van der Waals surface area contributed by atoms with Gasteiger partial charge < -0.3 is 19.6 Å². The summed E-state index contributed by atoms with van der Waals surface area (Å²) in [4.78, 5) is 16.3. The maximum atomic E-state index is 12.1. The van der Waals surface area contributed by atoms with Crippen molar-refractivity contribution in [2.24, 2.45) is 0 Å². The van der Waals surface area contributed by atoms with Crippen molar-refractivity contribution >= 4 is 27.0 Å². The fraction of sp³-hybridized carbons (Fsp3) is 0.529. The number of aliphatic hydroxyl groups excluding tert-OH is 1. The molecule has 0 bridgehead atoms. The van der Waals surface area contributed by atoms with E-state index in [1.807, 2.05) is 0 Å². The molecule has 2 N–H and O–H groups in total. The lowest BCUT2D eigenvalue weighted by Crippen LogP contribution is -2.43. The maximum Gasteiger partial charge on any atom is 0.407 e. The Balaban J connectivity index is 2.21. The minimum atomic E-state index is -3.28. The Hall–Kier alpha value is -2.13. The Morgan fingerprint density at radius 1 is 1.35 bits per heavy atom. The van der Waals surface area contributed by atoms with Gasteiger partial charge in [-0.25, -0.2) is 18.2 Å². The summed E-state index contributed by atoms with van der Waals surface area (Å²) in [7, 11) is -3.28. The first-order chi connectivity index (χ1) is 11.9. The minimum Gasteiger partial charge on any atom is -0.444 e. The van der Waals surface area contributed by atoms with Gasteiger partial charge in [0.05, 0.1) is 11.8 Å². The highest BCUT2D eigenvalue weighted by Crippen LogP contribution is 2.24. The second kappa shape index (κ2) is 7.63. The number of aromatic nitrogens is 1. The van der Waals surface area contributed by atoms with Gasteiger partial charge in [-0.15, -0.1) is 0 Å². The van der Waals surface area contributed by atoms with Crippen LogP contribution < -0.4 is 5.32 Å². The van der Waals surface area contributed by atoms with E-state index in [4.69, 9.17) is 9.15 Å². The normalized spacial score (nSPS) is 14.8. The number of nitrogens with one attached hydrogen (secondary N) is 1. The largest absolute Gasteiger partial charge is 0.444 e. The molecule has 2 aromatic rings. The van der Waals surface area contributed by atoms with Gasteiger partial charge in [0.25, 0.3) is 0 Å². The summed E-state index contributed by atoms with van der Waals surface area (Å²) in [6.07, 6.45) is -1.01. The van der Waals surface area contributed by atoms with Gasteiger partial charge in [0, 0.05) is 6.26 Å². The van der Waals surface area contributed by atoms with Crippen LogP contribution in [0.2, 0.25) is 0 Å². The average molecular weight is 384 g/mol. The van der Waals surface area contributed by atoms with Crippen LogP contribution in [-0.2, 0) is 14.6 Å². The molecule has 1 amide bonds. The lowest BCUT2D eigenvalue weighted by Gasteiger charge is -2.25. The molecule has 0 aliphatic carbocycles. The quantitative estimate of drug-likeness (QED) is 0.783. The molecule has 1 unspecified atom stereocenters. The predicted octanol–water partition coefficient (Wildman–Crippen LogP) is 2.19. The Bertz CT molecular complexity index is 836. The van der Waals surface area contributed by atoms with Crippen molar-refractivity contribution in [1.29, 1.82) is 0 Å². The molecule has 0 radical (unpaired) electrons. The second-order valence-electron chi connectivity index (χ2n) is 7.14. The predicted molar refractivity (Wildman–Crippen MR) is 96.5 cm³/mol. The van der Waals surface area contributed by atoms with Crippen LogP contribution in [0.1, 0.15) is 39.2 Å². The topological polar surface area (TPSA) is 119 Å². The van der Waals surface area contributed by atoms with Crippen LogP contribution in [0.3, 0.4) is 0 Å². The molecule has 0 aliphatic rings. The zero-order valence-electron chi connectivity index (χ0n) is 15.2. The lowest BCUT2D eigenvalue weighted by atomic mass is 10.1. The Labute approximate surface area is 152 Å². The van der Waals surface area contributed by atoms with Gasteiger partial charge in [-0.2, -0.15) is 0 Å². The van der Waals surface area contributed by atoms with Crippen LogP contribution in [0.4, 0.5) is 4.79 Å². The highest BCUT2D eigenvalue weighted by molar-refractivity contribution is 7.90. The van der Waals surface area contributed by atoms with E-state index >= 15 is 0 Å². The number of benzene rings is 1. The number of nitrogens with zero attached hydrogens (tertiary/aromatic N) is 1. The summed E-state index contributed by atoms with van der Waals surface area (Å²) in [6.45, 7) is 5.11. The Morgan fingerprint density at radius 2 is 2.00 bits per heavy atom. The fourth-order valence-corrected chi connectivity index (χ4v) is 2.98. The van der Waals surface area contributed by atoms with Gasteiger partial charge in [0.2, 0.25) is 5.89 Å². The van der Waals surface area contributed by atoms with Crippen molar-refractivity contribution in [2.45, 2.75) is 44.9 Å². The summed E-state index contributed by atoms with van der Waals surface area (Å²) >= 11 is 0. The summed E-state index contributed by atoms with van der Waals surface area (Å²) in [5, 5.41) is 13.1. The Morgan fingerprint density at radius 3 is 2.58 bits per heavy atom. The van der Waals surface area contributed by atoms with Crippen LogP contribution in [0, 0.1) is 0 Å². The number of carbonyl (C=O) groups is 1. The number of sulfone groups is 1. The van der Waals surface area contributed by atoms with Gasteiger partial charge >= 0.3 is 6.09 Å². The monoisotopic (exact) mass is 384 g/mol. The lowest BCUT2D eigenvalue weighted by molar-refractivity contribution is 0.0388. The van der Waals surface area contributed by atoms with Gasteiger partial charge in [-0.3, -0.25) is 0 Å². The van der Waals surface area contributed by atoms with Crippen molar-refractivity contribution in [2.75, 3.05) is 12.0 Å². The number of fused-ring (bicyclic) bond motifs is 1. The first-order valence-electron chi connectivity index (χ1n) is 8.15. The molecule has 9 heteroatoms. The number of alkyl carbamates (subject to hydrolysis) is 1. The van der Waals surface area contributed by atoms with E-state index in [2.05, 4.69) is 10.3 Å². The van der Waals surface area contributed by atoms with Crippen molar-refractivity contribution < 1.29 is 27.5 Å². The fourth-order valence-electron chi connectivity index (χ4n) is 2.30. The molecule has 0 saturated carbocycles. The van der Waals surface area contributed by atoms with Crippen LogP contribution >= 0.6 is 0 Å². The van der Waals surface area contributed by atoms with E-state index in [1.165, 1.54) is 0 Å². The van der Waals surface area contributed by atoms with Gasteiger partial charge in [-0.1, -0.05) is 12.1 Å². The molecule has 2 rings (SSSR count). The molecule has 0 fully saturated rings. The van der Waals surface area contributed by atoms with E-state index in [1.54, 1.807) is 45.0 Å². The number of ether oxygens (including phenoxy) is 1. The molecule has 0 spiro atoms. The number of rotatable bonds is 6. The number of hydrogen-bond acceptors (Lipinski definition) is 7. The van der Waals surface area contributed by atoms with Crippen LogP contribution in [-0.4, -0.2) is 48.3 Å². The van der Waals surface area contributed by atoms with Crippen LogP contribution in [0.25, 0.3) is 11.1 Å². The number of para-hydroxylation sites is 2. The van der Waals surface area contributed by atoms with Crippen LogP contribution in [0.5, 0.6) is 0 Å². The molecule has 0 aliphatic heterocycles. The third kappa shape index (κ3) is 5.99. The zero-order valence-corrected chi connectivity index (χ0v) is 16.0. The number of amides is 1. The van der Waals surface area contributed by atoms with E-state index in [0.717, 1.165) is 6.26 Å². The minimum absolute atomic E-state index is 0.000703. The molecule has 144 valence electrons. The summed E-state index contributed by atoms with van der Waals surface area (Å²) in [5.74, 6) is -0.217. The van der Waals surface area contributed by atoms with Gasteiger partial charge in [0.1, 0.15) is 21.0 Å². The number of oxazole rings is 1. The number of hydrogen-bond donors (Lipinski definition) is 2. The molecular formula is C17H24N2O6S. The van der Waals surface area contributed by atoms with E-state index in [-0.39, 0.29) is 18.1 Å². The molecule has 26 heavy (non-hydrogen) atoms. The highest BCUT2D eigenvalue weighted by Gasteiger charge is 2.29. The number of aliphatic hydroxyl groups is 1. The molecular weight excluding hydrogens is 360 g/mol. The third-order valence-electron chi connectivity index (χ3n) is 3.45. The van der Waals surface area contributed by atoms with Gasteiger partial charge in [-0.05, 0) is 39.3 Å². The van der Waals surface area contributed by atoms with Crippen molar-refractivity contribution in [3.63, 3.8) is 0 Å². The van der Waals surface area contributed by atoms with Crippen molar-refractivity contribution in [3.05, 3.63) is 30.2 Å². The molecule has 2 atom stereocenters. The smallest absolute Gasteiger partial charge is 0.407 e. The van der Waals surface area contributed by atoms with Crippen molar-refractivity contribution in [1.82, 2.24) is 10.3 Å². The highest BCUT2D eigenvalue weighted by atomic mass is 32.2. The van der Waals surface area contributed by atoms with Gasteiger partial charge in [0.15, 0.2) is 11.7 Å². The maximum absolute atomic E-state index is 12.1. The van der Waals surface area contributed by atoms with Crippen molar-refractivity contribution in [3.8, 4) is 0 Å². The van der Waals surface area contributed by atoms with Crippen LogP contribution in [0.15, 0.2) is 28.7 Å². The SMILES string of the molecule is CC(C)(C)OC(=O)NC(CCS(C)(=O)=O)[C@H](O)c1nc2ccccc2o1. The first kappa shape index (κ1) is 20.2. The first-order valence-corrected chi connectivity index (χ1v) is 10.2. The second-order valence-corrected chi connectivity index (χ2v) is 9.40. The summed E-state index contributed by atoms with van der Waals surface area (Å²) in [5.41, 5.74) is 0.315. The molecule has 0 saturated heterocycles. The zero-order chi connectivity index (χ0) is 19.5. The standard InChI is InChI=1S/C17H24N2O6S/c1-17(2,3)25-16(21)19-12(9-10-26(4,22)23)14(20)15-18-11-7-5-6-8-13(11)24-15/h5-8,12,14,20H,9-10H2,1-4H3,(H,19,21)/t12?,14-/m0/s1. The average Bonchev–Trinajstić information content (AvgIpc) is 2.92. The molecule has 1 aromatic heterocycles. The van der Waals surface area contributed by atoms with E-state index < -0.39 is 33.7 Å². The van der Waals surface area contributed by atoms with E-state index in [9.17, 15) is 18.3 Å². The molecule has 1 aromatic carbocycles. The summed E-state index contributed by atoms with van der Waals surface area (Å²) < 4.78 is 33.7. The van der Waals surface area contributed by atoms with E-state index in [0.29, 0.717) is 11.1 Å².